The van der Waals surface area contributed by atoms with E-state index in [1.165, 1.54) is 33.0 Å². The molecule has 1 amide bonds. The molecular weight excluding hydrogens is 502 g/mol. The highest BCUT2D eigenvalue weighted by Gasteiger charge is 2.39. The maximum atomic E-state index is 12.5. The fourth-order valence-electron chi connectivity index (χ4n) is 6.53. The number of carboxylic acid groups (broad SMARTS) is 1. The van der Waals surface area contributed by atoms with Crippen LogP contribution in [0.15, 0.2) is 82.6 Å². The van der Waals surface area contributed by atoms with E-state index < -0.39 is 6.09 Å². The minimum atomic E-state index is -0.951. The lowest BCUT2D eigenvalue weighted by molar-refractivity contribution is 0.0443. The van der Waals surface area contributed by atoms with Gasteiger partial charge in [-0.1, -0.05) is 42.8 Å². The lowest BCUT2D eigenvalue weighted by Crippen LogP contribution is -2.40. The lowest BCUT2D eigenvalue weighted by Gasteiger charge is -2.30. The highest BCUT2D eigenvalue weighted by Crippen LogP contribution is 2.44. The molecule has 0 bridgehead atoms. The highest BCUT2D eigenvalue weighted by molar-refractivity contribution is 5.88. The van der Waals surface area contributed by atoms with Crippen molar-refractivity contribution in [1.29, 1.82) is 0 Å². The first-order chi connectivity index (χ1) is 19.4. The standard InChI is InChI=1S/C33H39N3O4/c1-22-11-12-27-26(17-22)8-5-10-31(27)40-16-6-14-35-30-21-39-20-24(3)23(2)18-34-15-13-25-7-4-9-28(32(25)34)29(30)19-36(35)33(37)38/h5,8,10-12,17,20-21,23H,4,6-7,9,13-16,18-19H2,1-3H3,(H,37,38)/b24-20-,29-28-,30-21+. The Morgan fingerprint density at radius 2 is 1.98 bits per heavy atom. The van der Waals surface area contributed by atoms with Gasteiger partial charge in [-0.3, -0.25) is 5.01 Å². The molecule has 0 spiro atoms. The fourth-order valence-corrected chi connectivity index (χ4v) is 6.53. The zero-order chi connectivity index (χ0) is 27.8. The van der Waals surface area contributed by atoms with Gasteiger partial charge in [0, 0.05) is 42.7 Å². The molecule has 0 aromatic heterocycles. The van der Waals surface area contributed by atoms with Crippen molar-refractivity contribution < 1.29 is 19.4 Å². The average molecular weight is 542 g/mol. The number of rotatable bonds is 5. The van der Waals surface area contributed by atoms with Crippen LogP contribution in [0.3, 0.4) is 0 Å². The summed E-state index contributed by atoms with van der Waals surface area (Å²) in [5.41, 5.74) is 8.53. The predicted octanol–water partition coefficient (Wildman–Crippen LogP) is 6.98. The van der Waals surface area contributed by atoms with E-state index >= 15 is 0 Å². The Bertz CT molecular complexity index is 1450. The van der Waals surface area contributed by atoms with Crippen LogP contribution in [-0.2, 0) is 4.74 Å². The quantitative estimate of drug-likeness (QED) is 0.412. The number of ether oxygens (including phenoxy) is 2. The number of nitrogens with zero attached hydrogens (tertiary/aromatic N) is 3. The van der Waals surface area contributed by atoms with Gasteiger partial charge in [0.15, 0.2) is 0 Å². The highest BCUT2D eigenvalue weighted by atomic mass is 16.5. The van der Waals surface area contributed by atoms with E-state index in [0.29, 0.717) is 32.0 Å². The van der Waals surface area contributed by atoms with Gasteiger partial charge in [-0.2, -0.15) is 0 Å². The molecule has 2 aromatic rings. The van der Waals surface area contributed by atoms with Gasteiger partial charge < -0.3 is 19.5 Å². The summed E-state index contributed by atoms with van der Waals surface area (Å²) in [5, 5.41) is 15.8. The van der Waals surface area contributed by atoms with Crippen molar-refractivity contribution in [2.75, 3.05) is 32.8 Å². The van der Waals surface area contributed by atoms with Crippen LogP contribution in [0.4, 0.5) is 4.79 Å². The van der Waals surface area contributed by atoms with E-state index in [0.717, 1.165) is 66.6 Å². The molecule has 6 rings (SSSR count). The lowest BCUT2D eigenvalue weighted by atomic mass is 9.88. The number of allylic oxidation sites excluding steroid dienone is 1. The molecule has 0 saturated carbocycles. The molecule has 1 N–H and O–H groups in total. The second-order valence-electron chi connectivity index (χ2n) is 11.5. The Balaban J connectivity index is 1.28. The fraction of sp³-hybridized carbons (Fsp3) is 0.424. The molecule has 3 aliphatic heterocycles. The SMILES string of the molecule is C/C1=C/O/C=C2\C(=C3\CCCC4=C3N(CC4)CC1C)CN(C(=O)O)N2CCCOc1cccc2cc(C)ccc12. The maximum absolute atomic E-state index is 12.5. The van der Waals surface area contributed by atoms with Gasteiger partial charge in [0.05, 0.1) is 25.1 Å². The van der Waals surface area contributed by atoms with Crippen LogP contribution in [0.5, 0.6) is 5.75 Å². The number of fused-ring (bicyclic) bond motifs is 2. The number of carbonyl (C=O) groups is 1. The third kappa shape index (κ3) is 4.93. The van der Waals surface area contributed by atoms with Gasteiger partial charge in [-0.25, -0.2) is 9.80 Å². The summed E-state index contributed by atoms with van der Waals surface area (Å²) < 4.78 is 12.2. The number of aryl methyl sites for hydroxylation is 1. The van der Waals surface area contributed by atoms with E-state index in [4.69, 9.17) is 9.47 Å². The topological polar surface area (TPSA) is 65.5 Å². The van der Waals surface area contributed by atoms with Crippen molar-refractivity contribution >= 4 is 16.9 Å². The molecule has 1 unspecified atom stereocenters. The number of benzene rings is 2. The van der Waals surface area contributed by atoms with Crippen LogP contribution in [0.2, 0.25) is 0 Å². The molecule has 210 valence electrons. The Labute approximate surface area is 236 Å². The molecule has 3 heterocycles. The number of amides is 1. The first-order valence-corrected chi connectivity index (χ1v) is 14.5. The molecule has 4 aliphatic rings. The molecular formula is C33H39N3O4. The predicted molar refractivity (Wildman–Crippen MR) is 156 cm³/mol. The van der Waals surface area contributed by atoms with Crippen LogP contribution < -0.4 is 4.74 Å². The second-order valence-corrected chi connectivity index (χ2v) is 11.5. The largest absolute Gasteiger partial charge is 0.493 e. The molecule has 2 aromatic carbocycles. The Morgan fingerprint density at radius 3 is 2.83 bits per heavy atom. The van der Waals surface area contributed by atoms with Gasteiger partial charge in [0.1, 0.15) is 12.0 Å². The monoisotopic (exact) mass is 541 g/mol. The number of hydrazine groups is 1. The zero-order valence-electron chi connectivity index (χ0n) is 23.8. The number of hydrogen-bond acceptors (Lipinski definition) is 5. The molecule has 1 saturated heterocycles. The molecule has 40 heavy (non-hydrogen) atoms. The second kappa shape index (κ2) is 11.0. The number of hydrogen-bond donors (Lipinski definition) is 1. The Hall–Kier alpha value is -3.87. The molecule has 1 fully saturated rings. The van der Waals surface area contributed by atoms with E-state index in [9.17, 15) is 9.90 Å². The van der Waals surface area contributed by atoms with Gasteiger partial charge in [0.2, 0.25) is 0 Å². The Morgan fingerprint density at radius 1 is 1.10 bits per heavy atom. The van der Waals surface area contributed by atoms with Crippen molar-refractivity contribution in [2.24, 2.45) is 5.92 Å². The van der Waals surface area contributed by atoms with Crippen LogP contribution in [0, 0.1) is 12.8 Å². The average Bonchev–Trinajstić information content (AvgIpc) is 3.51. The zero-order valence-corrected chi connectivity index (χ0v) is 23.8. The molecule has 1 atom stereocenters. The third-order valence-corrected chi connectivity index (χ3v) is 8.77. The van der Waals surface area contributed by atoms with Gasteiger partial charge in [0.25, 0.3) is 0 Å². The van der Waals surface area contributed by atoms with Gasteiger partial charge in [-0.05, 0) is 73.6 Å². The van der Waals surface area contributed by atoms with Crippen LogP contribution in [-0.4, -0.2) is 58.9 Å². The molecule has 7 heteroatoms. The van der Waals surface area contributed by atoms with Crippen LogP contribution in [0.1, 0.15) is 51.5 Å². The van der Waals surface area contributed by atoms with Crippen molar-refractivity contribution in [3.63, 3.8) is 0 Å². The smallest absolute Gasteiger partial charge is 0.426 e. The van der Waals surface area contributed by atoms with E-state index in [-0.39, 0.29) is 0 Å². The third-order valence-electron chi connectivity index (χ3n) is 8.77. The van der Waals surface area contributed by atoms with Crippen molar-refractivity contribution in [3.05, 3.63) is 88.2 Å². The van der Waals surface area contributed by atoms with E-state index in [1.807, 2.05) is 23.4 Å². The molecule has 1 aliphatic carbocycles. The summed E-state index contributed by atoms with van der Waals surface area (Å²) in [6.07, 6.45) is 7.62. The minimum Gasteiger partial charge on any atom is -0.493 e. The summed E-state index contributed by atoms with van der Waals surface area (Å²) in [7, 11) is 0. The minimum absolute atomic E-state index is 0.340. The van der Waals surface area contributed by atoms with Gasteiger partial charge in [-0.15, -0.1) is 0 Å². The summed E-state index contributed by atoms with van der Waals surface area (Å²) in [5.74, 6) is 1.23. The first kappa shape index (κ1) is 26.4. The van der Waals surface area contributed by atoms with Crippen molar-refractivity contribution in [1.82, 2.24) is 14.9 Å². The van der Waals surface area contributed by atoms with Crippen molar-refractivity contribution in [3.8, 4) is 5.75 Å². The van der Waals surface area contributed by atoms with E-state index in [2.05, 4.69) is 49.9 Å². The van der Waals surface area contributed by atoms with Crippen LogP contribution >= 0.6 is 0 Å². The van der Waals surface area contributed by atoms with E-state index in [1.54, 1.807) is 6.26 Å². The Kier molecular flexibility index (Phi) is 7.22. The first-order valence-electron chi connectivity index (χ1n) is 14.5. The molecule has 0 radical (unpaired) electrons. The maximum Gasteiger partial charge on any atom is 0.426 e. The molecule has 7 nitrogen and oxygen atoms in total. The van der Waals surface area contributed by atoms with Crippen molar-refractivity contribution in [2.45, 2.75) is 52.9 Å². The summed E-state index contributed by atoms with van der Waals surface area (Å²) in [6.45, 7) is 9.78. The van der Waals surface area contributed by atoms with Crippen LogP contribution in [0.25, 0.3) is 10.8 Å². The normalized spacial score (nSPS) is 25.5. The summed E-state index contributed by atoms with van der Waals surface area (Å²) >= 11 is 0. The summed E-state index contributed by atoms with van der Waals surface area (Å²) in [4.78, 5) is 15.0. The van der Waals surface area contributed by atoms with Gasteiger partial charge >= 0.3 is 6.09 Å². The summed E-state index contributed by atoms with van der Waals surface area (Å²) in [6, 6.07) is 12.5.